The molecule has 1 heterocycles. The van der Waals surface area contributed by atoms with Gasteiger partial charge in [-0.05, 0) is 36.5 Å². The number of carbonyl (C=O) groups is 1. The van der Waals surface area contributed by atoms with E-state index in [0.29, 0.717) is 12.8 Å². The normalized spacial score (nSPS) is 18.2. The van der Waals surface area contributed by atoms with Gasteiger partial charge < -0.3 is 5.73 Å². The first kappa shape index (κ1) is 14.0. The van der Waals surface area contributed by atoms with Crippen LogP contribution in [0.25, 0.3) is 0 Å². The second-order valence-corrected chi connectivity index (χ2v) is 5.66. The van der Waals surface area contributed by atoms with Gasteiger partial charge in [-0.25, -0.2) is 0 Å². The Kier molecular flexibility index (Phi) is 4.11. The van der Waals surface area contributed by atoms with Crippen molar-refractivity contribution in [1.82, 2.24) is 4.98 Å². The molecule has 1 aromatic carbocycles. The summed E-state index contributed by atoms with van der Waals surface area (Å²) in [7, 11) is 0. The van der Waals surface area contributed by atoms with Crippen molar-refractivity contribution in [1.29, 1.82) is 0 Å². The molecule has 0 radical (unpaired) electrons. The van der Waals surface area contributed by atoms with Crippen LogP contribution in [0.3, 0.4) is 0 Å². The molecule has 1 aliphatic rings. The van der Waals surface area contributed by atoms with E-state index in [2.05, 4.69) is 11.1 Å². The molecule has 0 amide bonds. The summed E-state index contributed by atoms with van der Waals surface area (Å²) in [5, 5.41) is 0. The molecule has 0 spiro atoms. The summed E-state index contributed by atoms with van der Waals surface area (Å²) >= 11 is 0. The summed E-state index contributed by atoms with van der Waals surface area (Å²) in [5.41, 5.74) is 9.47. The lowest BCUT2D eigenvalue weighted by Gasteiger charge is -2.14. The van der Waals surface area contributed by atoms with Gasteiger partial charge in [0.15, 0.2) is 0 Å². The highest BCUT2D eigenvalue weighted by Gasteiger charge is 2.29. The van der Waals surface area contributed by atoms with Crippen LogP contribution in [0.1, 0.15) is 48.0 Å². The number of carbonyl (C=O) groups excluding carboxylic acids is 1. The van der Waals surface area contributed by atoms with E-state index in [1.807, 2.05) is 36.4 Å². The lowest BCUT2D eigenvalue weighted by atomic mass is 9.94. The van der Waals surface area contributed by atoms with Crippen molar-refractivity contribution in [3.63, 3.8) is 0 Å². The largest absolute Gasteiger partial charge is 0.324 e. The topological polar surface area (TPSA) is 56.0 Å². The predicted octanol–water partition coefficient (Wildman–Crippen LogP) is 3.16. The van der Waals surface area contributed by atoms with Gasteiger partial charge in [-0.3, -0.25) is 9.78 Å². The van der Waals surface area contributed by atoms with Gasteiger partial charge in [0, 0.05) is 18.7 Å². The number of ketones is 1. The highest BCUT2D eigenvalue weighted by Crippen LogP contribution is 2.33. The number of aryl methyl sites for hydroxylation is 1. The Bertz CT molecular complexity index is 624. The van der Waals surface area contributed by atoms with Crippen LogP contribution >= 0.6 is 0 Å². The molecule has 2 aromatic rings. The molecule has 3 heteroatoms. The Labute approximate surface area is 125 Å². The van der Waals surface area contributed by atoms with Gasteiger partial charge in [0.2, 0.25) is 0 Å². The molecule has 2 atom stereocenters. The molecule has 3 nitrogen and oxygen atoms in total. The molecule has 21 heavy (non-hydrogen) atoms. The molecular formula is C18H20N2O. The molecule has 0 aliphatic heterocycles. The van der Waals surface area contributed by atoms with E-state index in [-0.39, 0.29) is 17.7 Å². The molecule has 2 N–H and O–H groups in total. The number of nitrogens with two attached hydrogens (primary N) is 1. The maximum absolute atomic E-state index is 12.4. The number of benzene rings is 1. The number of fused-ring (bicyclic) bond motifs is 1. The molecule has 1 aliphatic carbocycles. The molecule has 108 valence electrons. The van der Waals surface area contributed by atoms with E-state index >= 15 is 0 Å². The minimum absolute atomic E-state index is 0.0239. The SMILES string of the molecule is NC(CCC(=O)C1CCc2cccnc21)c1ccccc1. The van der Waals surface area contributed by atoms with Gasteiger partial charge in [0.25, 0.3) is 0 Å². The third-order valence-electron chi connectivity index (χ3n) is 4.28. The zero-order valence-electron chi connectivity index (χ0n) is 12.0. The average molecular weight is 280 g/mol. The second kappa shape index (κ2) is 6.19. The third kappa shape index (κ3) is 3.03. The minimum atomic E-state index is -0.0697. The smallest absolute Gasteiger partial charge is 0.142 e. The Hall–Kier alpha value is -2.00. The molecule has 0 fully saturated rings. The highest BCUT2D eigenvalue weighted by molar-refractivity contribution is 5.86. The van der Waals surface area contributed by atoms with Gasteiger partial charge in [-0.15, -0.1) is 0 Å². The van der Waals surface area contributed by atoms with Gasteiger partial charge in [0.1, 0.15) is 5.78 Å². The number of hydrogen-bond acceptors (Lipinski definition) is 3. The number of hydrogen-bond donors (Lipinski definition) is 1. The van der Waals surface area contributed by atoms with Crippen molar-refractivity contribution < 1.29 is 4.79 Å². The summed E-state index contributed by atoms with van der Waals surface area (Å²) in [5.74, 6) is 0.253. The molecule has 0 bridgehead atoms. The fourth-order valence-corrected chi connectivity index (χ4v) is 3.06. The van der Waals surface area contributed by atoms with Gasteiger partial charge in [-0.1, -0.05) is 36.4 Å². The number of Topliss-reactive ketones (excluding diaryl/α,β-unsaturated/α-hetero) is 1. The quantitative estimate of drug-likeness (QED) is 0.915. The van der Waals surface area contributed by atoms with Crippen LogP contribution in [0.2, 0.25) is 0 Å². The lowest BCUT2D eigenvalue weighted by molar-refractivity contribution is -0.120. The predicted molar refractivity (Wildman–Crippen MR) is 82.9 cm³/mol. The maximum atomic E-state index is 12.4. The lowest BCUT2D eigenvalue weighted by Crippen LogP contribution is -2.16. The zero-order chi connectivity index (χ0) is 14.7. The van der Waals surface area contributed by atoms with Crippen molar-refractivity contribution >= 4 is 5.78 Å². The first-order valence-electron chi connectivity index (χ1n) is 7.52. The molecule has 3 rings (SSSR count). The molecule has 1 aromatic heterocycles. The molecular weight excluding hydrogens is 260 g/mol. The van der Waals surface area contributed by atoms with Crippen molar-refractivity contribution in [2.24, 2.45) is 5.73 Å². The van der Waals surface area contributed by atoms with E-state index in [9.17, 15) is 4.79 Å². The fraction of sp³-hybridized carbons (Fsp3) is 0.333. The molecule has 0 saturated carbocycles. The Morgan fingerprint density at radius 1 is 1.24 bits per heavy atom. The van der Waals surface area contributed by atoms with Crippen LogP contribution in [0.5, 0.6) is 0 Å². The van der Waals surface area contributed by atoms with E-state index in [0.717, 1.165) is 24.1 Å². The fourth-order valence-electron chi connectivity index (χ4n) is 3.06. The standard InChI is InChI=1S/C18H20N2O/c19-16(13-5-2-1-3-6-13)10-11-17(21)15-9-8-14-7-4-12-20-18(14)15/h1-7,12,15-16H,8-11,19H2. The highest BCUT2D eigenvalue weighted by atomic mass is 16.1. The van der Waals surface area contributed by atoms with Gasteiger partial charge in [0.05, 0.1) is 11.6 Å². The summed E-state index contributed by atoms with van der Waals surface area (Å²) in [6.07, 6.45) is 4.86. The zero-order valence-corrected chi connectivity index (χ0v) is 12.0. The van der Waals surface area contributed by atoms with E-state index in [4.69, 9.17) is 5.73 Å². The van der Waals surface area contributed by atoms with E-state index in [1.165, 1.54) is 5.56 Å². The van der Waals surface area contributed by atoms with E-state index < -0.39 is 0 Å². The monoisotopic (exact) mass is 280 g/mol. The van der Waals surface area contributed by atoms with Crippen LogP contribution < -0.4 is 5.73 Å². The van der Waals surface area contributed by atoms with Crippen molar-refractivity contribution in [2.75, 3.05) is 0 Å². The Balaban J connectivity index is 1.61. The van der Waals surface area contributed by atoms with Crippen molar-refractivity contribution in [3.8, 4) is 0 Å². The summed E-state index contributed by atoms with van der Waals surface area (Å²) in [6, 6.07) is 13.9. The van der Waals surface area contributed by atoms with Crippen LogP contribution in [0, 0.1) is 0 Å². The second-order valence-electron chi connectivity index (χ2n) is 5.66. The summed E-state index contributed by atoms with van der Waals surface area (Å²) in [4.78, 5) is 16.8. The van der Waals surface area contributed by atoms with Gasteiger partial charge >= 0.3 is 0 Å². The van der Waals surface area contributed by atoms with Crippen LogP contribution in [0.15, 0.2) is 48.7 Å². The molecule has 2 unspecified atom stereocenters. The van der Waals surface area contributed by atoms with E-state index in [1.54, 1.807) is 6.20 Å². The number of aromatic nitrogens is 1. The summed E-state index contributed by atoms with van der Waals surface area (Å²) in [6.45, 7) is 0. The van der Waals surface area contributed by atoms with Gasteiger partial charge in [-0.2, -0.15) is 0 Å². The van der Waals surface area contributed by atoms with Crippen molar-refractivity contribution in [3.05, 3.63) is 65.5 Å². The maximum Gasteiger partial charge on any atom is 0.142 e. The minimum Gasteiger partial charge on any atom is -0.324 e. The average Bonchev–Trinajstić information content (AvgIpc) is 2.97. The Morgan fingerprint density at radius 3 is 2.86 bits per heavy atom. The van der Waals surface area contributed by atoms with Crippen molar-refractivity contribution in [2.45, 2.75) is 37.6 Å². The first-order valence-corrected chi connectivity index (χ1v) is 7.52. The molecule has 0 saturated heterocycles. The first-order chi connectivity index (χ1) is 10.3. The number of rotatable bonds is 5. The third-order valence-corrected chi connectivity index (χ3v) is 4.28. The van der Waals surface area contributed by atoms with Crippen LogP contribution in [-0.2, 0) is 11.2 Å². The Morgan fingerprint density at radius 2 is 2.05 bits per heavy atom. The summed E-state index contributed by atoms with van der Waals surface area (Å²) < 4.78 is 0. The number of pyridine rings is 1. The number of nitrogens with zero attached hydrogens (tertiary/aromatic N) is 1. The van der Waals surface area contributed by atoms with Crippen LogP contribution in [-0.4, -0.2) is 10.8 Å². The van der Waals surface area contributed by atoms with Crippen LogP contribution in [0.4, 0.5) is 0 Å².